The number of pyridine rings is 2. The molecule has 0 saturated heterocycles. The van der Waals surface area contributed by atoms with Crippen LogP contribution in [0.3, 0.4) is 0 Å². The second-order valence-electron chi connectivity index (χ2n) is 6.21. The molecule has 0 unspecified atom stereocenters. The predicted octanol–water partition coefficient (Wildman–Crippen LogP) is 4.53. The molecular formula is C20H16N4OS. The second-order valence-corrected chi connectivity index (χ2v) is 7.07. The Morgan fingerprint density at radius 3 is 2.92 bits per heavy atom. The molecule has 3 aromatic heterocycles. The number of hydrogen-bond donors (Lipinski definition) is 1. The molecule has 1 aliphatic heterocycles. The van der Waals surface area contributed by atoms with Crippen LogP contribution in [-0.4, -0.2) is 28.1 Å². The first-order valence-electron chi connectivity index (χ1n) is 8.47. The Labute approximate surface area is 154 Å². The van der Waals surface area contributed by atoms with E-state index in [1.54, 1.807) is 11.3 Å². The van der Waals surface area contributed by atoms with Crippen LogP contribution in [-0.2, 0) is 0 Å². The fourth-order valence-corrected chi connectivity index (χ4v) is 3.99. The van der Waals surface area contributed by atoms with Crippen LogP contribution in [0.1, 0.15) is 5.69 Å². The molecule has 4 aromatic rings. The first kappa shape index (κ1) is 15.3. The lowest BCUT2D eigenvalue weighted by atomic mass is 10.00. The molecule has 5 rings (SSSR count). The van der Waals surface area contributed by atoms with Gasteiger partial charge in [0.25, 0.3) is 0 Å². The molecular weight excluding hydrogens is 344 g/mol. The Kier molecular flexibility index (Phi) is 3.57. The van der Waals surface area contributed by atoms with Gasteiger partial charge in [0, 0.05) is 40.0 Å². The first-order valence-corrected chi connectivity index (χ1v) is 9.35. The highest BCUT2D eigenvalue weighted by Gasteiger charge is 2.21. The van der Waals surface area contributed by atoms with Gasteiger partial charge in [-0.15, -0.1) is 11.3 Å². The molecule has 0 saturated carbocycles. The minimum absolute atomic E-state index is 0.621. The number of hydrogen-bond acceptors (Lipinski definition) is 6. The van der Waals surface area contributed by atoms with E-state index in [9.17, 15) is 0 Å². The minimum Gasteiger partial charge on any atom is -0.487 e. The van der Waals surface area contributed by atoms with E-state index in [1.165, 1.54) is 0 Å². The lowest BCUT2D eigenvalue weighted by molar-refractivity contribution is 0.323. The molecule has 5 nitrogen and oxygen atoms in total. The third-order valence-electron chi connectivity index (χ3n) is 4.41. The third-order valence-corrected chi connectivity index (χ3v) is 5.39. The number of aryl methyl sites for hydroxylation is 1. The normalized spacial score (nSPS) is 13.1. The van der Waals surface area contributed by atoms with E-state index in [0.717, 1.165) is 56.4 Å². The highest BCUT2D eigenvalue weighted by atomic mass is 32.1. The van der Waals surface area contributed by atoms with Gasteiger partial charge < -0.3 is 10.1 Å². The van der Waals surface area contributed by atoms with Gasteiger partial charge in [-0.3, -0.25) is 4.98 Å². The van der Waals surface area contributed by atoms with Gasteiger partial charge >= 0.3 is 0 Å². The lowest BCUT2D eigenvalue weighted by Crippen LogP contribution is -2.20. The van der Waals surface area contributed by atoms with Crippen molar-refractivity contribution in [3.63, 3.8) is 0 Å². The number of thiazole rings is 1. The molecule has 1 aromatic carbocycles. The van der Waals surface area contributed by atoms with Crippen molar-refractivity contribution in [3.05, 3.63) is 53.8 Å². The number of anilines is 1. The quantitative estimate of drug-likeness (QED) is 0.569. The van der Waals surface area contributed by atoms with E-state index in [2.05, 4.69) is 33.5 Å². The standard InChI is InChI=1S/C20H16N4OS/c1-12-11-26-20(23-12)17-8-15(18-19(24-17)22-6-7-25-18)16-10-21-9-13-4-2-3-5-14(13)16/h2-5,8-11H,6-7H2,1H3,(H,22,24). The highest BCUT2D eigenvalue weighted by molar-refractivity contribution is 7.13. The van der Waals surface area contributed by atoms with Crippen molar-refractivity contribution in [2.24, 2.45) is 0 Å². The molecule has 0 spiro atoms. The molecule has 4 heterocycles. The Bertz CT molecular complexity index is 1120. The van der Waals surface area contributed by atoms with Crippen molar-refractivity contribution in [1.29, 1.82) is 0 Å². The predicted molar refractivity (Wildman–Crippen MR) is 105 cm³/mol. The molecule has 0 amide bonds. The van der Waals surface area contributed by atoms with Gasteiger partial charge in [-0.25, -0.2) is 9.97 Å². The second kappa shape index (κ2) is 6.07. The largest absolute Gasteiger partial charge is 0.487 e. The maximum atomic E-state index is 5.98. The molecule has 0 bridgehead atoms. The topological polar surface area (TPSA) is 59.9 Å². The Morgan fingerprint density at radius 1 is 1.12 bits per heavy atom. The zero-order valence-corrected chi connectivity index (χ0v) is 15.0. The number of rotatable bonds is 2. The summed E-state index contributed by atoms with van der Waals surface area (Å²) < 4.78 is 5.98. The molecule has 1 N–H and O–H groups in total. The van der Waals surface area contributed by atoms with Crippen LogP contribution in [0.25, 0.3) is 32.6 Å². The van der Waals surface area contributed by atoms with Crippen molar-refractivity contribution >= 4 is 27.9 Å². The van der Waals surface area contributed by atoms with Crippen LogP contribution in [0.15, 0.2) is 48.1 Å². The number of fused-ring (bicyclic) bond motifs is 2. The van der Waals surface area contributed by atoms with Gasteiger partial charge in [0.15, 0.2) is 11.6 Å². The van der Waals surface area contributed by atoms with Crippen molar-refractivity contribution in [3.8, 4) is 27.6 Å². The van der Waals surface area contributed by atoms with Crippen molar-refractivity contribution in [1.82, 2.24) is 15.0 Å². The van der Waals surface area contributed by atoms with E-state index >= 15 is 0 Å². The molecule has 0 atom stereocenters. The van der Waals surface area contributed by atoms with Gasteiger partial charge in [0.1, 0.15) is 17.3 Å². The summed E-state index contributed by atoms with van der Waals surface area (Å²) in [5, 5.41) is 8.56. The van der Waals surface area contributed by atoms with Gasteiger partial charge in [0.05, 0.1) is 6.54 Å². The van der Waals surface area contributed by atoms with Gasteiger partial charge in [-0.2, -0.15) is 0 Å². The monoisotopic (exact) mass is 360 g/mol. The van der Waals surface area contributed by atoms with Crippen molar-refractivity contribution in [2.75, 3.05) is 18.5 Å². The average molecular weight is 360 g/mol. The van der Waals surface area contributed by atoms with Crippen molar-refractivity contribution < 1.29 is 4.74 Å². The van der Waals surface area contributed by atoms with E-state index in [1.807, 2.05) is 36.8 Å². The van der Waals surface area contributed by atoms with Crippen LogP contribution in [0.5, 0.6) is 5.75 Å². The number of aromatic nitrogens is 3. The maximum absolute atomic E-state index is 5.98. The van der Waals surface area contributed by atoms with Crippen LogP contribution in [0.4, 0.5) is 5.82 Å². The molecule has 6 heteroatoms. The number of nitrogens with one attached hydrogen (secondary N) is 1. The van der Waals surface area contributed by atoms with Gasteiger partial charge in [0.2, 0.25) is 0 Å². The number of benzene rings is 1. The van der Waals surface area contributed by atoms with Crippen LogP contribution >= 0.6 is 11.3 Å². The van der Waals surface area contributed by atoms with Crippen molar-refractivity contribution in [2.45, 2.75) is 6.92 Å². The summed E-state index contributed by atoms with van der Waals surface area (Å²) in [6.07, 6.45) is 3.78. The summed E-state index contributed by atoms with van der Waals surface area (Å²) in [4.78, 5) is 13.8. The smallest absolute Gasteiger partial charge is 0.170 e. The molecule has 128 valence electrons. The fourth-order valence-electron chi connectivity index (χ4n) is 3.23. The highest BCUT2D eigenvalue weighted by Crippen LogP contribution is 2.42. The zero-order chi connectivity index (χ0) is 17.5. The van der Waals surface area contributed by atoms with Crippen LogP contribution in [0.2, 0.25) is 0 Å². The Balaban J connectivity index is 1.79. The molecule has 0 aliphatic carbocycles. The summed E-state index contributed by atoms with van der Waals surface area (Å²) in [5.74, 6) is 1.55. The van der Waals surface area contributed by atoms with E-state index in [4.69, 9.17) is 9.72 Å². The molecule has 1 aliphatic rings. The molecule has 0 fully saturated rings. The van der Waals surface area contributed by atoms with E-state index in [0.29, 0.717) is 6.61 Å². The fraction of sp³-hybridized carbons (Fsp3) is 0.150. The first-order chi connectivity index (χ1) is 12.8. The van der Waals surface area contributed by atoms with Gasteiger partial charge in [-0.1, -0.05) is 24.3 Å². The van der Waals surface area contributed by atoms with Crippen LogP contribution in [0, 0.1) is 6.92 Å². The summed E-state index contributed by atoms with van der Waals surface area (Å²) in [6.45, 7) is 3.36. The lowest BCUT2D eigenvalue weighted by Gasteiger charge is -2.22. The van der Waals surface area contributed by atoms with E-state index < -0.39 is 0 Å². The maximum Gasteiger partial charge on any atom is 0.170 e. The molecule has 26 heavy (non-hydrogen) atoms. The summed E-state index contributed by atoms with van der Waals surface area (Å²) in [7, 11) is 0. The number of ether oxygens (including phenoxy) is 1. The molecule has 0 radical (unpaired) electrons. The Morgan fingerprint density at radius 2 is 2.04 bits per heavy atom. The SMILES string of the molecule is Cc1csc(-c2cc(-c3cncc4ccccc34)c3c(n2)NCCO3)n1. The number of nitrogens with zero attached hydrogens (tertiary/aromatic N) is 3. The van der Waals surface area contributed by atoms with Crippen LogP contribution < -0.4 is 10.1 Å². The zero-order valence-electron chi connectivity index (χ0n) is 14.2. The van der Waals surface area contributed by atoms with E-state index in [-0.39, 0.29) is 0 Å². The average Bonchev–Trinajstić information content (AvgIpc) is 3.13. The summed E-state index contributed by atoms with van der Waals surface area (Å²) in [6, 6.07) is 10.3. The minimum atomic E-state index is 0.621. The third kappa shape index (κ3) is 2.50. The Hall–Kier alpha value is -2.99. The van der Waals surface area contributed by atoms with Gasteiger partial charge in [-0.05, 0) is 18.4 Å². The summed E-state index contributed by atoms with van der Waals surface area (Å²) >= 11 is 1.60. The summed E-state index contributed by atoms with van der Waals surface area (Å²) in [5.41, 5.74) is 3.89.